The molecule has 2 saturated heterocycles. The lowest BCUT2D eigenvalue weighted by Gasteiger charge is -2.32. The summed E-state index contributed by atoms with van der Waals surface area (Å²) < 4.78 is 26.9. The van der Waals surface area contributed by atoms with Gasteiger partial charge in [-0.3, -0.25) is 9.20 Å². The van der Waals surface area contributed by atoms with Gasteiger partial charge in [0.25, 0.3) is 5.91 Å². The second-order valence-corrected chi connectivity index (χ2v) is 9.67. The van der Waals surface area contributed by atoms with E-state index in [1.807, 2.05) is 15.4 Å². The van der Waals surface area contributed by atoms with E-state index >= 15 is 0 Å². The molecular weight excluding hydrogens is 380 g/mol. The molecule has 0 saturated carbocycles. The highest BCUT2D eigenvalue weighted by Crippen LogP contribution is 2.29. The molecule has 2 aliphatic heterocycles. The van der Waals surface area contributed by atoms with Crippen molar-refractivity contribution in [3.05, 3.63) is 30.0 Å². The van der Waals surface area contributed by atoms with E-state index in [-0.39, 0.29) is 11.8 Å². The monoisotopic (exact) mass is 406 g/mol. The average Bonchev–Trinajstić information content (AvgIpc) is 3.11. The molecular formula is C18H26N6O3S. The van der Waals surface area contributed by atoms with Crippen LogP contribution in [0.2, 0.25) is 0 Å². The van der Waals surface area contributed by atoms with Crippen molar-refractivity contribution >= 4 is 21.6 Å². The van der Waals surface area contributed by atoms with Gasteiger partial charge in [0.1, 0.15) is 6.33 Å². The molecule has 4 heterocycles. The third-order valence-electron chi connectivity index (χ3n) is 5.80. The third kappa shape index (κ3) is 3.63. The van der Waals surface area contributed by atoms with Gasteiger partial charge in [-0.15, -0.1) is 0 Å². The number of fused-ring (bicyclic) bond motifs is 1. The van der Waals surface area contributed by atoms with Crippen molar-refractivity contribution in [1.29, 1.82) is 0 Å². The molecule has 152 valence electrons. The summed E-state index contributed by atoms with van der Waals surface area (Å²) in [5.74, 6) is 0.136. The lowest BCUT2D eigenvalue weighted by molar-refractivity contribution is 0.0660. The van der Waals surface area contributed by atoms with E-state index in [0.29, 0.717) is 37.5 Å². The number of carbonyl (C=O) groups excluding carboxylic acids is 1. The number of piperidine rings is 1. The van der Waals surface area contributed by atoms with Crippen molar-refractivity contribution in [3.8, 4) is 0 Å². The Kier molecular flexibility index (Phi) is 5.11. The molecule has 0 unspecified atom stereocenters. The molecule has 28 heavy (non-hydrogen) atoms. The van der Waals surface area contributed by atoms with Gasteiger partial charge >= 0.3 is 0 Å². The van der Waals surface area contributed by atoms with E-state index in [4.69, 9.17) is 0 Å². The predicted molar refractivity (Wildman–Crippen MR) is 105 cm³/mol. The third-order valence-corrected chi connectivity index (χ3v) is 7.10. The van der Waals surface area contributed by atoms with Gasteiger partial charge in [-0.2, -0.15) is 0 Å². The molecule has 1 amide bonds. The van der Waals surface area contributed by atoms with E-state index in [1.165, 1.54) is 10.6 Å². The van der Waals surface area contributed by atoms with Crippen molar-refractivity contribution in [1.82, 2.24) is 28.5 Å². The van der Waals surface area contributed by atoms with Crippen LogP contribution in [-0.2, 0) is 10.0 Å². The number of rotatable bonds is 3. The van der Waals surface area contributed by atoms with Crippen LogP contribution in [0.15, 0.2) is 18.6 Å². The lowest BCUT2D eigenvalue weighted by atomic mass is 9.94. The van der Waals surface area contributed by atoms with Crippen LogP contribution in [0.5, 0.6) is 0 Å². The highest BCUT2D eigenvalue weighted by Gasteiger charge is 2.29. The molecule has 0 aliphatic carbocycles. The first kappa shape index (κ1) is 19.3. The summed E-state index contributed by atoms with van der Waals surface area (Å²) in [6.45, 7) is 4.12. The maximum absolute atomic E-state index is 12.9. The maximum Gasteiger partial charge on any atom is 0.276 e. The smallest absolute Gasteiger partial charge is 0.276 e. The molecule has 0 atom stereocenters. The van der Waals surface area contributed by atoms with Crippen LogP contribution in [0, 0.1) is 0 Å². The number of piperazine rings is 1. The molecule has 0 aromatic carbocycles. The normalized spacial score (nSPS) is 20.7. The molecule has 2 aromatic rings. The Morgan fingerprint density at radius 3 is 2.39 bits per heavy atom. The molecule has 2 aliphatic rings. The van der Waals surface area contributed by atoms with Gasteiger partial charge in [0.15, 0.2) is 11.3 Å². The Bertz CT molecular complexity index is 972. The molecule has 0 radical (unpaired) electrons. The fourth-order valence-electron chi connectivity index (χ4n) is 4.04. The summed E-state index contributed by atoms with van der Waals surface area (Å²) in [7, 11) is -1.10. The number of hydrogen-bond donors (Lipinski definition) is 0. The fourth-order valence-corrected chi connectivity index (χ4v) is 4.92. The van der Waals surface area contributed by atoms with Crippen molar-refractivity contribution in [3.63, 3.8) is 0 Å². The molecule has 10 heteroatoms. The van der Waals surface area contributed by atoms with Crippen molar-refractivity contribution in [2.75, 3.05) is 52.6 Å². The molecule has 2 aromatic heterocycles. The number of nitrogens with zero attached hydrogens (tertiary/aromatic N) is 6. The Balaban J connectivity index is 1.57. The standard InChI is InChI=1S/C18H26N6O3S/c1-21-9-11-22(12-10-21)18(25)16-17-19-6-3-15(24(17)13-20-16)14-4-7-23(8-5-14)28(2,26)27/h3,6,13-14H,4-5,7-12H2,1-2H3. The van der Waals surface area contributed by atoms with Gasteiger partial charge in [-0.25, -0.2) is 22.7 Å². The SMILES string of the molecule is CN1CCN(C(=O)c2ncn3c(C4CCN(S(C)(=O)=O)CC4)ccnc23)CC1. The summed E-state index contributed by atoms with van der Waals surface area (Å²) in [4.78, 5) is 25.8. The number of carbonyl (C=O) groups is 1. The first-order valence-corrected chi connectivity index (χ1v) is 11.4. The Morgan fingerprint density at radius 1 is 1.07 bits per heavy atom. The first-order chi connectivity index (χ1) is 13.3. The van der Waals surface area contributed by atoms with Gasteiger partial charge in [0, 0.05) is 57.1 Å². The van der Waals surface area contributed by atoms with Gasteiger partial charge < -0.3 is 9.80 Å². The van der Waals surface area contributed by atoms with Crippen LogP contribution in [0.4, 0.5) is 0 Å². The minimum Gasteiger partial charge on any atom is -0.335 e. The summed E-state index contributed by atoms with van der Waals surface area (Å²) in [6.07, 6.45) is 6.13. The van der Waals surface area contributed by atoms with E-state index in [1.54, 1.807) is 12.5 Å². The predicted octanol–water partition coefficient (Wildman–Crippen LogP) is 0.256. The first-order valence-electron chi connectivity index (χ1n) is 9.59. The van der Waals surface area contributed by atoms with E-state index < -0.39 is 10.0 Å². The fraction of sp³-hybridized carbons (Fsp3) is 0.611. The molecule has 0 spiro atoms. The van der Waals surface area contributed by atoms with Crippen LogP contribution in [-0.4, -0.2) is 95.4 Å². The number of aromatic nitrogens is 3. The Labute approximate surface area is 165 Å². The number of amides is 1. The summed E-state index contributed by atoms with van der Waals surface area (Å²) in [6, 6.07) is 1.94. The van der Waals surface area contributed by atoms with E-state index in [0.717, 1.165) is 31.6 Å². The van der Waals surface area contributed by atoms with Crippen molar-refractivity contribution in [2.24, 2.45) is 0 Å². The minimum absolute atomic E-state index is 0.0767. The van der Waals surface area contributed by atoms with Crippen LogP contribution in [0.3, 0.4) is 0 Å². The van der Waals surface area contributed by atoms with Gasteiger partial charge in [-0.05, 0) is 26.0 Å². The summed E-state index contributed by atoms with van der Waals surface area (Å²) in [5, 5.41) is 0. The van der Waals surface area contributed by atoms with Gasteiger partial charge in [-0.1, -0.05) is 0 Å². The summed E-state index contributed by atoms with van der Waals surface area (Å²) in [5.41, 5.74) is 2.00. The van der Waals surface area contributed by atoms with E-state index in [2.05, 4.69) is 21.9 Å². The summed E-state index contributed by atoms with van der Waals surface area (Å²) >= 11 is 0. The zero-order valence-electron chi connectivity index (χ0n) is 16.3. The number of sulfonamides is 1. The minimum atomic E-state index is -3.15. The zero-order valence-corrected chi connectivity index (χ0v) is 17.1. The second kappa shape index (κ2) is 7.41. The second-order valence-electron chi connectivity index (χ2n) is 7.69. The molecule has 9 nitrogen and oxygen atoms in total. The highest BCUT2D eigenvalue weighted by atomic mass is 32.2. The number of imidazole rings is 1. The van der Waals surface area contributed by atoms with Crippen LogP contribution in [0.25, 0.3) is 5.65 Å². The topological polar surface area (TPSA) is 91.1 Å². The molecule has 4 rings (SSSR count). The van der Waals surface area contributed by atoms with Crippen molar-refractivity contribution in [2.45, 2.75) is 18.8 Å². The van der Waals surface area contributed by atoms with Crippen molar-refractivity contribution < 1.29 is 13.2 Å². The maximum atomic E-state index is 12.9. The number of hydrogen-bond acceptors (Lipinski definition) is 6. The van der Waals surface area contributed by atoms with Gasteiger partial charge in [0.05, 0.1) is 6.26 Å². The molecule has 2 fully saturated rings. The van der Waals surface area contributed by atoms with E-state index in [9.17, 15) is 13.2 Å². The average molecular weight is 407 g/mol. The zero-order chi connectivity index (χ0) is 19.9. The van der Waals surface area contributed by atoms with Crippen LogP contribution in [0.1, 0.15) is 34.9 Å². The van der Waals surface area contributed by atoms with Gasteiger partial charge in [0.2, 0.25) is 10.0 Å². The van der Waals surface area contributed by atoms with Crippen LogP contribution < -0.4 is 0 Å². The Hall–Kier alpha value is -2.04. The lowest BCUT2D eigenvalue weighted by Crippen LogP contribution is -2.47. The molecule has 0 N–H and O–H groups in total. The quantitative estimate of drug-likeness (QED) is 0.726. The molecule has 0 bridgehead atoms. The highest BCUT2D eigenvalue weighted by molar-refractivity contribution is 7.88. The Morgan fingerprint density at radius 2 is 1.75 bits per heavy atom. The van der Waals surface area contributed by atoms with Crippen LogP contribution >= 0.6 is 0 Å². The largest absolute Gasteiger partial charge is 0.335 e. The number of likely N-dealkylation sites (N-methyl/N-ethyl adjacent to an activating group) is 1.